The van der Waals surface area contributed by atoms with Crippen LogP contribution >= 0.6 is 0 Å². The molecule has 0 aliphatic rings. The summed E-state index contributed by atoms with van der Waals surface area (Å²) in [5.74, 6) is 0.890. The van der Waals surface area contributed by atoms with Crippen molar-refractivity contribution in [2.24, 2.45) is 11.3 Å². The van der Waals surface area contributed by atoms with E-state index in [1.165, 1.54) is 6.26 Å². The van der Waals surface area contributed by atoms with E-state index in [2.05, 4.69) is 32.7 Å². The van der Waals surface area contributed by atoms with Crippen LogP contribution in [0.25, 0.3) is 0 Å². The largest absolute Gasteiger partial charge is 0.316 e. The van der Waals surface area contributed by atoms with E-state index in [9.17, 15) is 8.42 Å². The molecule has 3 nitrogen and oxygen atoms in total. The molecule has 1 N–H and O–H groups in total. The van der Waals surface area contributed by atoms with Gasteiger partial charge in [-0.05, 0) is 30.7 Å². The fourth-order valence-electron chi connectivity index (χ4n) is 1.65. The highest BCUT2D eigenvalue weighted by molar-refractivity contribution is 7.90. The molecule has 4 heteroatoms. The van der Waals surface area contributed by atoms with Crippen LogP contribution < -0.4 is 5.32 Å². The molecule has 1 atom stereocenters. The molecular weight excluding hydrogens is 234 g/mol. The molecule has 0 spiro atoms. The molecule has 0 aliphatic carbocycles. The molecule has 0 saturated carbocycles. The molecule has 102 valence electrons. The minimum Gasteiger partial charge on any atom is -0.316 e. The monoisotopic (exact) mass is 261 g/mol. The van der Waals surface area contributed by atoms with Crippen LogP contribution in [-0.4, -0.2) is 33.5 Å². The van der Waals surface area contributed by atoms with Gasteiger partial charge in [0.1, 0.15) is 9.84 Å². The normalized spacial score (nSPS) is 15.8. The number of nitrogens with one attached hydrogen (secondary N) is 1. The third-order valence-corrected chi connectivity index (χ3v) is 3.87. The lowest BCUT2D eigenvalue weighted by Crippen LogP contribution is -2.32. The maximum Gasteiger partial charge on any atom is 0.147 e. The van der Waals surface area contributed by atoms with Gasteiger partial charge >= 0.3 is 0 Å². The summed E-state index contributed by atoms with van der Waals surface area (Å²) in [5.41, 5.74) is -0.0143. The lowest BCUT2D eigenvalue weighted by Gasteiger charge is -2.26. The fraction of sp³-hybridized carbons (Fsp3) is 0.846. The summed E-state index contributed by atoms with van der Waals surface area (Å²) in [5, 5.41) is 3.40. The molecule has 0 saturated heterocycles. The van der Waals surface area contributed by atoms with Crippen LogP contribution in [-0.2, 0) is 9.84 Å². The van der Waals surface area contributed by atoms with E-state index in [-0.39, 0.29) is 11.2 Å². The summed E-state index contributed by atoms with van der Waals surface area (Å²) in [4.78, 5) is 0. The van der Waals surface area contributed by atoms with E-state index < -0.39 is 9.84 Å². The SMILES string of the molecule is C=CC(C)(CCCS(C)(=O)=O)CNCC(C)C. The first-order valence-electron chi connectivity index (χ1n) is 6.20. The van der Waals surface area contributed by atoms with Crippen molar-refractivity contribution in [2.75, 3.05) is 25.1 Å². The van der Waals surface area contributed by atoms with Crippen LogP contribution in [0.4, 0.5) is 0 Å². The Balaban J connectivity index is 4.05. The van der Waals surface area contributed by atoms with E-state index in [4.69, 9.17) is 0 Å². The Labute approximate surface area is 107 Å². The van der Waals surface area contributed by atoms with Crippen molar-refractivity contribution < 1.29 is 8.42 Å². The summed E-state index contributed by atoms with van der Waals surface area (Å²) in [6, 6.07) is 0. The van der Waals surface area contributed by atoms with E-state index in [1.54, 1.807) is 0 Å². The van der Waals surface area contributed by atoms with Gasteiger partial charge in [0.25, 0.3) is 0 Å². The summed E-state index contributed by atoms with van der Waals surface area (Å²) >= 11 is 0. The maximum atomic E-state index is 11.1. The third kappa shape index (κ3) is 9.36. The molecule has 0 aromatic heterocycles. The number of hydrogen-bond donors (Lipinski definition) is 1. The van der Waals surface area contributed by atoms with Crippen LogP contribution in [0.1, 0.15) is 33.6 Å². The van der Waals surface area contributed by atoms with Crippen molar-refractivity contribution in [1.82, 2.24) is 5.32 Å². The molecule has 1 unspecified atom stereocenters. The summed E-state index contributed by atoms with van der Waals surface area (Å²) < 4.78 is 22.1. The summed E-state index contributed by atoms with van der Waals surface area (Å²) in [6.45, 7) is 12.2. The van der Waals surface area contributed by atoms with Gasteiger partial charge in [-0.25, -0.2) is 8.42 Å². The number of rotatable bonds is 9. The first-order valence-corrected chi connectivity index (χ1v) is 8.26. The van der Waals surface area contributed by atoms with Gasteiger partial charge in [-0.3, -0.25) is 0 Å². The highest BCUT2D eigenvalue weighted by Crippen LogP contribution is 2.23. The predicted octanol–water partition coefficient (Wildman–Crippen LogP) is 2.25. The van der Waals surface area contributed by atoms with Gasteiger partial charge in [0.2, 0.25) is 0 Å². The van der Waals surface area contributed by atoms with Crippen LogP contribution in [0.2, 0.25) is 0 Å². The van der Waals surface area contributed by atoms with Crippen molar-refractivity contribution in [3.63, 3.8) is 0 Å². The lowest BCUT2D eigenvalue weighted by molar-refractivity contribution is 0.351. The van der Waals surface area contributed by atoms with Crippen molar-refractivity contribution in [1.29, 1.82) is 0 Å². The molecule has 0 aliphatic heterocycles. The number of sulfone groups is 1. The Morgan fingerprint density at radius 2 is 2.00 bits per heavy atom. The Morgan fingerprint density at radius 1 is 1.41 bits per heavy atom. The van der Waals surface area contributed by atoms with Crippen LogP contribution in [0, 0.1) is 11.3 Å². The molecule has 0 radical (unpaired) electrons. The smallest absolute Gasteiger partial charge is 0.147 e. The Bertz CT molecular complexity index is 322. The van der Waals surface area contributed by atoms with Crippen LogP contribution in [0.5, 0.6) is 0 Å². The van der Waals surface area contributed by atoms with E-state index in [0.717, 1.165) is 19.5 Å². The molecule has 0 rings (SSSR count). The fourth-order valence-corrected chi connectivity index (χ4v) is 2.32. The second-order valence-corrected chi connectivity index (χ2v) is 7.88. The molecule has 0 bridgehead atoms. The highest BCUT2D eigenvalue weighted by Gasteiger charge is 2.20. The van der Waals surface area contributed by atoms with Crippen molar-refractivity contribution >= 4 is 9.84 Å². The van der Waals surface area contributed by atoms with Crippen LogP contribution in [0.3, 0.4) is 0 Å². The molecule has 0 aromatic rings. The predicted molar refractivity (Wildman–Crippen MR) is 75.0 cm³/mol. The second-order valence-electron chi connectivity index (χ2n) is 5.62. The van der Waals surface area contributed by atoms with E-state index in [1.807, 2.05) is 6.08 Å². The van der Waals surface area contributed by atoms with Crippen molar-refractivity contribution in [3.8, 4) is 0 Å². The van der Waals surface area contributed by atoms with Gasteiger partial charge < -0.3 is 5.32 Å². The lowest BCUT2D eigenvalue weighted by atomic mass is 9.85. The minimum absolute atomic E-state index is 0.0143. The highest BCUT2D eigenvalue weighted by atomic mass is 32.2. The standard InChI is InChI=1S/C13H27NO2S/c1-6-13(4,11-14-10-12(2)3)8-7-9-17(5,15)16/h6,12,14H,1,7-11H2,2-5H3. The van der Waals surface area contributed by atoms with Gasteiger partial charge in [0, 0.05) is 18.6 Å². The maximum absolute atomic E-state index is 11.1. The Kier molecular flexibility index (Phi) is 7.02. The second kappa shape index (κ2) is 7.17. The third-order valence-electron chi connectivity index (χ3n) is 2.84. The zero-order chi connectivity index (χ0) is 13.5. The average Bonchev–Trinajstić information content (AvgIpc) is 2.15. The average molecular weight is 261 g/mol. The van der Waals surface area contributed by atoms with E-state index >= 15 is 0 Å². The van der Waals surface area contributed by atoms with Gasteiger partial charge in [-0.2, -0.15) is 0 Å². The number of hydrogen-bond acceptors (Lipinski definition) is 3. The zero-order valence-corrected chi connectivity index (χ0v) is 12.4. The van der Waals surface area contributed by atoms with Gasteiger partial charge in [-0.1, -0.05) is 26.8 Å². The molecule has 17 heavy (non-hydrogen) atoms. The van der Waals surface area contributed by atoms with Crippen molar-refractivity contribution in [3.05, 3.63) is 12.7 Å². The summed E-state index contributed by atoms with van der Waals surface area (Å²) in [7, 11) is -2.84. The zero-order valence-electron chi connectivity index (χ0n) is 11.6. The minimum atomic E-state index is -2.84. The topological polar surface area (TPSA) is 46.2 Å². The Morgan fingerprint density at radius 3 is 2.41 bits per heavy atom. The van der Waals surface area contributed by atoms with Crippen LogP contribution in [0.15, 0.2) is 12.7 Å². The van der Waals surface area contributed by atoms with Gasteiger partial charge in [-0.15, -0.1) is 6.58 Å². The molecule has 0 amide bonds. The van der Waals surface area contributed by atoms with E-state index in [0.29, 0.717) is 12.3 Å². The summed E-state index contributed by atoms with van der Waals surface area (Å²) in [6.07, 6.45) is 4.78. The molecule has 0 heterocycles. The Hall–Kier alpha value is -0.350. The van der Waals surface area contributed by atoms with Gasteiger partial charge in [0.05, 0.1) is 0 Å². The molecular formula is C13H27NO2S. The van der Waals surface area contributed by atoms with Crippen molar-refractivity contribution in [2.45, 2.75) is 33.6 Å². The molecule has 0 fully saturated rings. The quantitative estimate of drug-likeness (QED) is 0.648. The first kappa shape index (κ1) is 16.6. The first-order chi connectivity index (χ1) is 7.68. The van der Waals surface area contributed by atoms with Gasteiger partial charge in [0.15, 0.2) is 0 Å². The molecule has 0 aromatic carbocycles.